The third-order valence-electron chi connectivity index (χ3n) is 5.94. The van der Waals surface area contributed by atoms with Crippen LogP contribution in [0.2, 0.25) is 0 Å². The third kappa shape index (κ3) is 4.89. The first-order chi connectivity index (χ1) is 16.7. The van der Waals surface area contributed by atoms with Crippen LogP contribution in [0.15, 0.2) is 79.3 Å². The molecule has 0 spiro atoms. The number of ether oxygens (including phenoxy) is 2. The molecule has 4 aromatic rings. The molecule has 1 atom stereocenters. The zero-order valence-corrected chi connectivity index (χ0v) is 18.6. The normalized spacial score (nSPS) is 16.3. The summed E-state index contributed by atoms with van der Waals surface area (Å²) in [4.78, 5) is 23.5. The standard InChI is InChI=1S/C27H24FN3O3/c28-24-6-1-2-7-25(24)34-26-15-21(8-11-30-26)27(32)31-12-13-33-18-19(17-31)14-20-4-3-5-22-16-29-10-9-23(20)22/h1-11,15-16,19H,12-14,17-18H2/t19-/m1/s1. The van der Waals surface area contributed by atoms with Crippen molar-refractivity contribution in [3.63, 3.8) is 0 Å². The Morgan fingerprint density at radius 2 is 2.03 bits per heavy atom. The number of hydrogen-bond acceptors (Lipinski definition) is 5. The number of pyridine rings is 2. The molecule has 2 aromatic carbocycles. The smallest absolute Gasteiger partial charge is 0.254 e. The van der Waals surface area contributed by atoms with Crippen molar-refractivity contribution in [2.75, 3.05) is 26.3 Å². The van der Waals surface area contributed by atoms with Gasteiger partial charge < -0.3 is 14.4 Å². The molecule has 7 heteroatoms. The number of amides is 1. The van der Waals surface area contributed by atoms with Gasteiger partial charge in [-0.3, -0.25) is 9.78 Å². The van der Waals surface area contributed by atoms with Gasteiger partial charge in [0.1, 0.15) is 0 Å². The van der Waals surface area contributed by atoms with Gasteiger partial charge >= 0.3 is 0 Å². The molecule has 0 saturated carbocycles. The van der Waals surface area contributed by atoms with Crippen LogP contribution in [0.3, 0.4) is 0 Å². The van der Waals surface area contributed by atoms with E-state index >= 15 is 0 Å². The van der Waals surface area contributed by atoms with Crippen LogP contribution in [-0.2, 0) is 11.2 Å². The molecule has 0 bridgehead atoms. The van der Waals surface area contributed by atoms with Gasteiger partial charge in [-0.2, -0.15) is 0 Å². The zero-order valence-electron chi connectivity index (χ0n) is 18.6. The van der Waals surface area contributed by atoms with Crippen molar-refractivity contribution in [2.45, 2.75) is 6.42 Å². The van der Waals surface area contributed by atoms with Crippen LogP contribution >= 0.6 is 0 Å². The first-order valence-corrected chi connectivity index (χ1v) is 11.2. The van der Waals surface area contributed by atoms with Crippen molar-refractivity contribution in [1.29, 1.82) is 0 Å². The molecule has 2 aromatic heterocycles. The zero-order chi connectivity index (χ0) is 23.3. The molecular formula is C27H24FN3O3. The van der Waals surface area contributed by atoms with Gasteiger partial charge in [-0.25, -0.2) is 9.37 Å². The number of fused-ring (bicyclic) bond motifs is 1. The average Bonchev–Trinajstić information content (AvgIpc) is 3.11. The second-order valence-corrected chi connectivity index (χ2v) is 8.33. The molecule has 1 amide bonds. The Hall–Kier alpha value is -3.84. The largest absolute Gasteiger partial charge is 0.436 e. The number of aromatic nitrogens is 2. The van der Waals surface area contributed by atoms with Gasteiger partial charge in [0.25, 0.3) is 5.91 Å². The van der Waals surface area contributed by atoms with E-state index in [0.29, 0.717) is 31.9 Å². The molecule has 5 rings (SSSR count). The van der Waals surface area contributed by atoms with Crippen LogP contribution in [0.1, 0.15) is 15.9 Å². The van der Waals surface area contributed by atoms with Crippen molar-refractivity contribution in [3.05, 3.63) is 96.2 Å². The highest BCUT2D eigenvalue weighted by Gasteiger charge is 2.24. The number of carbonyl (C=O) groups is 1. The topological polar surface area (TPSA) is 64.5 Å². The van der Waals surface area contributed by atoms with Crippen LogP contribution in [-0.4, -0.2) is 47.1 Å². The molecule has 0 N–H and O–H groups in total. The minimum Gasteiger partial charge on any atom is -0.436 e. The lowest BCUT2D eigenvalue weighted by Gasteiger charge is -2.24. The maximum Gasteiger partial charge on any atom is 0.254 e. The summed E-state index contributed by atoms with van der Waals surface area (Å²) in [5.74, 6) is -0.228. The van der Waals surface area contributed by atoms with E-state index in [2.05, 4.69) is 22.1 Å². The Morgan fingerprint density at radius 1 is 1.12 bits per heavy atom. The van der Waals surface area contributed by atoms with Crippen molar-refractivity contribution >= 4 is 16.7 Å². The van der Waals surface area contributed by atoms with Gasteiger partial charge in [0.15, 0.2) is 11.6 Å². The highest BCUT2D eigenvalue weighted by atomic mass is 19.1. The summed E-state index contributed by atoms with van der Waals surface area (Å²) in [5, 5.41) is 2.27. The number of halogens is 1. The predicted molar refractivity (Wildman–Crippen MR) is 126 cm³/mol. The van der Waals surface area contributed by atoms with E-state index in [1.165, 1.54) is 29.3 Å². The summed E-state index contributed by atoms with van der Waals surface area (Å²) in [5.41, 5.74) is 1.66. The Labute approximate surface area is 197 Å². The summed E-state index contributed by atoms with van der Waals surface area (Å²) in [6.07, 6.45) is 5.96. The monoisotopic (exact) mass is 457 g/mol. The number of carbonyl (C=O) groups excluding carboxylic acids is 1. The van der Waals surface area contributed by atoms with Gasteiger partial charge in [0, 0.05) is 54.6 Å². The number of nitrogens with zero attached hydrogens (tertiary/aromatic N) is 3. The molecule has 172 valence electrons. The van der Waals surface area contributed by atoms with E-state index in [1.807, 2.05) is 23.2 Å². The maximum atomic E-state index is 13.9. The molecule has 3 heterocycles. The van der Waals surface area contributed by atoms with Gasteiger partial charge in [-0.15, -0.1) is 0 Å². The Morgan fingerprint density at radius 3 is 2.94 bits per heavy atom. The molecule has 1 aliphatic rings. The fraction of sp³-hybridized carbons (Fsp3) is 0.222. The summed E-state index contributed by atoms with van der Waals surface area (Å²) in [6, 6.07) is 17.5. The Bertz CT molecular complexity index is 1310. The molecule has 34 heavy (non-hydrogen) atoms. The highest BCUT2D eigenvalue weighted by Crippen LogP contribution is 2.25. The lowest BCUT2D eigenvalue weighted by molar-refractivity contribution is 0.0737. The number of hydrogen-bond donors (Lipinski definition) is 0. The Kier molecular flexibility index (Phi) is 6.44. The number of rotatable bonds is 5. The van der Waals surface area contributed by atoms with E-state index in [4.69, 9.17) is 9.47 Å². The van der Waals surface area contributed by atoms with Crippen molar-refractivity contribution < 1.29 is 18.7 Å². The van der Waals surface area contributed by atoms with Crippen molar-refractivity contribution in [1.82, 2.24) is 14.9 Å². The summed E-state index contributed by atoms with van der Waals surface area (Å²) in [6.45, 7) is 2.14. The van der Waals surface area contributed by atoms with Crippen LogP contribution in [0.25, 0.3) is 10.8 Å². The lowest BCUT2D eigenvalue weighted by atomic mass is 9.95. The van der Waals surface area contributed by atoms with Crippen molar-refractivity contribution in [2.24, 2.45) is 5.92 Å². The van der Waals surface area contributed by atoms with Crippen LogP contribution in [0, 0.1) is 11.7 Å². The van der Waals surface area contributed by atoms with E-state index in [9.17, 15) is 9.18 Å². The second kappa shape index (κ2) is 9.97. The molecule has 0 radical (unpaired) electrons. The SMILES string of the molecule is O=C(c1ccnc(Oc2ccccc2F)c1)N1CCOC[C@H](Cc2cccc3cnccc23)C1. The summed E-state index contributed by atoms with van der Waals surface area (Å²) < 4.78 is 25.3. The number of para-hydroxylation sites is 1. The van der Waals surface area contributed by atoms with Gasteiger partial charge in [0.2, 0.25) is 5.88 Å². The number of benzene rings is 2. The van der Waals surface area contributed by atoms with Crippen LogP contribution < -0.4 is 4.74 Å². The fourth-order valence-electron chi connectivity index (χ4n) is 4.29. The van der Waals surface area contributed by atoms with Gasteiger partial charge in [-0.05, 0) is 41.6 Å². The molecule has 1 fully saturated rings. The molecule has 1 saturated heterocycles. The maximum absolute atomic E-state index is 13.9. The van der Waals surface area contributed by atoms with Gasteiger partial charge in [0.05, 0.1) is 13.2 Å². The molecule has 1 aliphatic heterocycles. The first-order valence-electron chi connectivity index (χ1n) is 11.2. The van der Waals surface area contributed by atoms with Crippen LogP contribution in [0.4, 0.5) is 4.39 Å². The van der Waals surface area contributed by atoms with E-state index in [-0.39, 0.29) is 23.5 Å². The molecular weight excluding hydrogens is 433 g/mol. The minimum atomic E-state index is -0.488. The second-order valence-electron chi connectivity index (χ2n) is 8.33. The molecule has 0 aliphatic carbocycles. The van der Waals surface area contributed by atoms with E-state index in [0.717, 1.165) is 11.8 Å². The average molecular weight is 458 g/mol. The summed E-state index contributed by atoms with van der Waals surface area (Å²) >= 11 is 0. The lowest BCUT2D eigenvalue weighted by Crippen LogP contribution is -2.36. The highest BCUT2D eigenvalue weighted by molar-refractivity contribution is 5.94. The first kappa shape index (κ1) is 22.0. The molecule has 6 nitrogen and oxygen atoms in total. The quantitative estimate of drug-likeness (QED) is 0.427. The fourth-order valence-corrected chi connectivity index (χ4v) is 4.29. The van der Waals surface area contributed by atoms with Crippen LogP contribution in [0.5, 0.6) is 11.6 Å². The van der Waals surface area contributed by atoms with E-state index < -0.39 is 5.82 Å². The third-order valence-corrected chi connectivity index (χ3v) is 5.94. The van der Waals surface area contributed by atoms with Gasteiger partial charge in [-0.1, -0.05) is 30.3 Å². The minimum absolute atomic E-state index is 0.0631. The molecule has 0 unspecified atom stereocenters. The summed E-state index contributed by atoms with van der Waals surface area (Å²) in [7, 11) is 0. The van der Waals surface area contributed by atoms with Crippen molar-refractivity contribution in [3.8, 4) is 11.6 Å². The van der Waals surface area contributed by atoms with E-state index in [1.54, 1.807) is 30.5 Å². The predicted octanol–water partition coefficient (Wildman–Crippen LogP) is 4.89. The Balaban J connectivity index is 1.32.